The van der Waals surface area contributed by atoms with E-state index in [9.17, 15) is 14.7 Å². The molecule has 0 atom stereocenters. The number of hydrogen-bond acceptors (Lipinski definition) is 4. The second kappa shape index (κ2) is 5.11. The minimum absolute atomic E-state index is 0.0987. The monoisotopic (exact) mass is 223 g/mol. The van der Waals surface area contributed by atoms with Crippen LogP contribution in [0.5, 0.6) is 5.75 Å². The largest absolute Gasteiger partial charge is 0.505 e. The van der Waals surface area contributed by atoms with Crippen molar-refractivity contribution in [1.29, 1.82) is 0 Å². The van der Waals surface area contributed by atoms with Crippen molar-refractivity contribution in [2.24, 2.45) is 0 Å². The van der Waals surface area contributed by atoms with Crippen LogP contribution in [0, 0.1) is 0 Å². The van der Waals surface area contributed by atoms with Crippen molar-refractivity contribution >= 4 is 11.8 Å². The Morgan fingerprint density at radius 3 is 2.75 bits per heavy atom. The van der Waals surface area contributed by atoms with Crippen molar-refractivity contribution < 1.29 is 14.7 Å². The van der Waals surface area contributed by atoms with Crippen LogP contribution in [0.15, 0.2) is 18.5 Å². The molecule has 1 aromatic heterocycles. The van der Waals surface area contributed by atoms with E-state index in [0.717, 1.165) is 0 Å². The number of likely N-dealkylation sites (N-methyl/N-ethyl adjacent to an activating group) is 1. The van der Waals surface area contributed by atoms with E-state index < -0.39 is 5.91 Å². The molecular formula is C10H13N3O3. The number of pyridine rings is 1. The van der Waals surface area contributed by atoms with E-state index in [1.54, 1.807) is 14.1 Å². The number of hydrogen-bond donors (Lipinski definition) is 2. The maximum absolute atomic E-state index is 11.5. The molecule has 0 spiro atoms. The molecule has 2 amide bonds. The molecule has 0 saturated heterocycles. The molecule has 0 aliphatic heterocycles. The zero-order valence-electron chi connectivity index (χ0n) is 9.10. The Morgan fingerprint density at radius 1 is 1.50 bits per heavy atom. The summed E-state index contributed by atoms with van der Waals surface area (Å²) in [5.74, 6) is -0.936. The molecule has 0 aliphatic rings. The van der Waals surface area contributed by atoms with E-state index in [0.29, 0.717) is 0 Å². The lowest BCUT2D eigenvalue weighted by molar-refractivity contribution is -0.127. The first kappa shape index (κ1) is 12.0. The fourth-order valence-corrected chi connectivity index (χ4v) is 0.987. The maximum atomic E-state index is 11.5. The van der Waals surface area contributed by atoms with Gasteiger partial charge in [-0.1, -0.05) is 0 Å². The number of nitrogens with zero attached hydrogens (tertiary/aromatic N) is 2. The van der Waals surface area contributed by atoms with Crippen LogP contribution in [0.4, 0.5) is 0 Å². The molecule has 0 aliphatic carbocycles. The van der Waals surface area contributed by atoms with E-state index in [2.05, 4.69) is 10.3 Å². The molecule has 6 nitrogen and oxygen atoms in total. The third-order valence-electron chi connectivity index (χ3n) is 1.94. The summed E-state index contributed by atoms with van der Waals surface area (Å²) in [4.78, 5) is 27.7. The molecule has 1 heterocycles. The predicted molar refractivity (Wildman–Crippen MR) is 56.9 cm³/mol. The molecule has 0 fully saturated rings. The lowest BCUT2D eigenvalue weighted by Gasteiger charge is -2.11. The topological polar surface area (TPSA) is 82.5 Å². The van der Waals surface area contributed by atoms with Gasteiger partial charge in [0.05, 0.1) is 18.3 Å². The third-order valence-corrected chi connectivity index (χ3v) is 1.94. The fraction of sp³-hybridized carbons (Fsp3) is 0.300. The smallest absolute Gasteiger partial charge is 0.255 e. The first-order valence-electron chi connectivity index (χ1n) is 4.63. The van der Waals surface area contributed by atoms with Gasteiger partial charge in [0.25, 0.3) is 5.91 Å². The van der Waals surface area contributed by atoms with Gasteiger partial charge in [0, 0.05) is 20.3 Å². The summed E-state index contributed by atoms with van der Waals surface area (Å²) in [5.41, 5.74) is 0.0987. The van der Waals surface area contributed by atoms with Gasteiger partial charge in [0.1, 0.15) is 5.75 Å². The molecule has 0 saturated carbocycles. The summed E-state index contributed by atoms with van der Waals surface area (Å²) >= 11 is 0. The van der Waals surface area contributed by atoms with Gasteiger partial charge in [-0.2, -0.15) is 0 Å². The SMILES string of the molecule is CN(C)C(=O)CNC(=O)c1ccncc1O. The molecule has 1 aromatic rings. The summed E-state index contributed by atoms with van der Waals surface area (Å²) in [6, 6.07) is 1.38. The van der Waals surface area contributed by atoms with Crippen molar-refractivity contribution in [2.45, 2.75) is 0 Å². The Hall–Kier alpha value is -2.11. The van der Waals surface area contributed by atoms with E-state index in [-0.39, 0.29) is 23.8 Å². The molecule has 16 heavy (non-hydrogen) atoms. The van der Waals surface area contributed by atoms with Crippen LogP contribution in [0.1, 0.15) is 10.4 Å². The lowest BCUT2D eigenvalue weighted by atomic mass is 10.2. The second-order valence-electron chi connectivity index (χ2n) is 3.36. The van der Waals surface area contributed by atoms with Crippen LogP contribution in [-0.2, 0) is 4.79 Å². The maximum Gasteiger partial charge on any atom is 0.255 e. The minimum Gasteiger partial charge on any atom is -0.505 e. The molecule has 0 unspecified atom stereocenters. The van der Waals surface area contributed by atoms with Gasteiger partial charge in [0.2, 0.25) is 5.91 Å². The van der Waals surface area contributed by atoms with Crippen molar-refractivity contribution in [2.75, 3.05) is 20.6 Å². The number of aromatic hydroxyl groups is 1. The highest BCUT2D eigenvalue weighted by atomic mass is 16.3. The molecule has 1 rings (SSSR count). The van der Waals surface area contributed by atoms with E-state index in [1.807, 2.05) is 0 Å². The van der Waals surface area contributed by atoms with E-state index >= 15 is 0 Å². The summed E-state index contributed by atoms with van der Waals surface area (Å²) in [6.07, 6.45) is 2.56. The summed E-state index contributed by atoms with van der Waals surface area (Å²) < 4.78 is 0. The van der Waals surface area contributed by atoms with Gasteiger partial charge < -0.3 is 15.3 Å². The van der Waals surface area contributed by atoms with Crippen molar-refractivity contribution in [3.05, 3.63) is 24.0 Å². The van der Waals surface area contributed by atoms with Crippen LogP contribution >= 0.6 is 0 Å². The zero-order chi connectivity index (χ0) is 12.1. The first-order chi connectivity index (χ1) is 7.52. The zero-order valence-corrected chi connectivity index (χ0v) is 9.10. The Bertz CT molecular complexity index is 404. The summed E-state index contributed by atoms with van der Waals surface area (Å²) in [5, 5.41) is 11.7. The molecule has 0 aromatic carbocycles. The average Bonchev–Trinajstić information content (AvgIpc) is 2.25. The molecular weight excluding hydrogens is 210 g/mol. The van der Waals surface area contributed by atoms with Crippen LogP contribution in [0.25, 0.3) is 0 Å². The van der Waals surface area contributed by atoms with Gasteiger partial charge in [0.15, 0.2) is 0 Å². The normalized spacial score (nSPS) is 9.62. The highest BCUT2D eigenvalue weighted by molar-refractivity contribution is 5.98. The van der Waals surface area contributed by atoms with Crippen molar-refractivity contribution in [3.8, 4) is 5.75 Å². The van der Waals surface area contributed by atoms with E-state index in [4.69, 9.17) is 0 Å². The Morgan fingerprint density at radius 2 is 2.19 bits per heavy atom. The number of carbonyl (C=O) groups excluding carboxylic acids is 2. The van der Waals surface area contributed by atoms with Gasteiger partial charge in [-0.05, 0) is 6.07 Å². The number of carbonyl (C=O) groups is 2. The number of nitrogens with one attached hydrogen (secondary N) is 1. The minimum atomic E-state index is -0.505. The average molecular weight is 223 g/mol. The van der Waals surface area contributed by atoms with Crippen LogP contribution in [0.2, 0.25) is 0 Å². The molecule has 0 bridgehead atoms. The van der Waals surface area contributed by atoms with Crippen LogP contribution < -0.4 is 5.32 Å². The standard InChI is InChI=1S/C10H13N3O3/c1-13(2)9(15)6-12-10(16)7-3-4-11-5-8(7)14/h3-5,14H,6H2,1-2H3,(H,12,16). The predicted octanol–water partition coefficient (Wildman–Crippen LogP) is -0.395. The first-order valence-corrected chi connectivity index (χ1v) is 4.63. The van der Waals surface area contributed by atoms with E-state index in [1.165, 1.54) is 23.4 Å². The Labute approximate surface area is 92.9 Å². The molecule has 86 valence electrons. The quantitative estimate of drug-likeness (QED) is 0.730. The molecule has 2 N–H and O–H groups in total. The third kappa shape index (κ3) is 2.94. The van der Waals surface area contributed by atoms with Gasteiger partial charge in [-0.15, -0.1) is 0 Å². The number of aromatic nitrogens is 1. The highest BCUT2D eigenvalue weighted by Crippen LogP contribution is 2.12. The molecule has 6 heteroatoms. The van der Waals surface area contributed by atoms with Gasteiger partial charge in [-0.3, -0.25) is 14.6 Å². The Kier molecular flexibility index (Phi) is 3.82. The summed E-state index contributed by atoms with van der Waals surface area (Å²) in [6.45, 7) is -0.104. The van der Waals surface area contributed by atoms with Crippen molar-refractivity contribution in [1.82, 2.24) is 15.2 Å². The summed E-state index contributed by atoms with van der Waals surface area (Å²) in [7, 11) is 3.19. The Balaban J connectivity index is 2.60. The van der Waals surface area contributed by atoms with Crippen LogP contribution in [-0.4, -0.2) is 47.4 Å². The second-order valence-corrected chi connectivity index (χ2v) is 3.36. The van der Waals surface area contributed by atoms with Crippen LogP contribution in [0.3, 0.4) is 0 Å². The van der Waals surface area contributed by atoms with Gasteiger partial charge in [-0.25, -0.2) is 0 Å². The number of amides is 2. The van der Waals surface area contributed by atoms with Crippen molar-refractivity contribution in [3.63, 3.8) is 0 Å². The number of rotatable bonds is 3. The highest BCUT2D eigenvalue weighted by Gasteiger charge is 2.12. The molecule has 0 radical (unpaired) electrons. The lowest BCUT2D eigenvalue weighted by Crippen LogP contribution is -2.36. The van der Waals surface area contributed by atoms with Gasteiger partial charge >= 0.3 is 0 Å². The fourth-order valence-electron chi connectivity index (χ4n) is 0.987.